The third-order valence-corrected chi connectivity index (χ3v) is 3.74. The van der Waals surface area contributed by atoms with E-state index in [1.165, 1.54) is 0 Å². The Morgan fingerprint density at radius 1 is 1.56 bits per heavy atom. The van der Waals surface area contributed by atoms with Gasteiger partial charge in [-0.2, -0.15) is 5.10 Å². The highest BCUT2D eigenvalue weighted by molar-refractivity contribution is 5.87. The molecule has 1 fully saturated rings. The second-order valence-electron chi connectivity index (χ2n) is 4.87. The van der Waals surface area contributed by atoms with E-state index in [2.05, 4.69) is 5.10 Å². The molecule has 1 aromatic rings. The van der Waals surface area contributed by atoms with E-state index in [0.717, 1.165) is 43.7 Å². The van der Waals surface area contributed by atoms with Crippen molar-refractivity contribution in [1.29, 1.82) is 0 Å². The van der Waals surface area contributed by atoms with Gasteiger partial charge in [-0.15, -0.1) is 0 Å². The summed E-state index contributed by atoms with van der Waals surface area (Å²) in [5, 5.41) is 13.2. The minimum atomic E-state index is -0.922. The minimum absolute atomic E-state index is 0.195. The fraction of sp³-hybridized carbons (Fsp3) is 0.636. The van der Waals surface area contributed by atoms with Crippen LogP contribution in [0.3, 0.4) is 0 Å². The molecule has 0 unspecified atom stereocenters. The van der Waals surface area contributed by atoms with Gasteiger partial charge in [0.2, 0.25) is 0 Å². The predicted octanol–water partition coefficient (Wildman–Crippen LogP) is 0.624. The predicted molar refractivity (Wildman–Crippen MR) is 55.4 cm³/mol. The zero-order valence-electron chi connectivity index (χ0n) is 9.19. The Balaban J connectivity index is 2.04. The van der Waals surface area contributed by atoms with Gasteiger partial charge in [0, 0.05) is 23.7 Å². The summed E-state index contributed by atoms with van der Waals surface area (Å²) in [5.74, 6) is -0.922. The van der Waals surface area contributed by atoms with Crippen molar-refractivity contribution >= 4 is 5.97 Å². The van der Waals surface area contributed by atoms with E-state index >= 15 is 0 Å². The number of carbonyl (C=O) groups is 1. The van der Waals surface area contributed by atoms with Crippen molar-refractivity contribution in [3.05, 3.63) is 17.0 Å². The Labute approximate surface area is 93.0 Å². The van der Waals surface area contributed by atoms with Crippen molar-refractivity contribution in [3.8, 4) is 0 Å². The van der Waals surface area contributed by atoms with Crippen LogP contribution in [0.5, 0.6) is 0 Å². The SMILES string of the molecule is Cn1nc(C(=O)O)c2c1CCC1(COC1)C2. The molecule has 5 nitrogen and oxygen atoms in total. The summed E-state index contributed by atoms with van der Waals surface area (Å²) in [6.07, 6.45) is 2.80. The first-order valence-corrected chi connectivity index (χ1v) is 5.47. The van der Waals surface area contributed by atoms with Crippen LogP contribution in [0.4, 0.5) is 0 Å². The van der Waals surface area contributed by atoms with Crippen molar-refractivity contribution in [3.63, 3.8) is 0 Å². The molecule has 0 radical (unpaired) electrons. The van der Waals surface area contributed by atoms with Crippen molar-refractivity contribution in [2.45, 2.75) is 19.3 Å². The molecule has 1 aromatic heterocycles. The molecule has 1 saturated heterocycles. The maximum Gasteiger partial charge on any atom is 0.356 e. The topological polar surface area (TPSA) is 64.4 Å². The standard InChI is InChI=1S/C11H14N2O3/c1-13-8-2-3-11(5-16-6-11)4-7(8)9(12-13)10(14)15/h2-6H2,1H3,(H,14,15). The lowest BCUT2D eigenvalue weighted by atomic mass is 9.71. The lowest BCUT2D eigenvalue weighted by Crippen LogP contribution is -2.46. The van der Waals surface area contributed by atoms with Crippen molar-refractivity contribution < 1.29 is 14.6 Å². The molecule has 0 atom stereocenters. The molecule has 0 aromatic carbocycles. The van der Waals surface area contributed by atoms with Crippen LogP contribution in [-0.4, -0.2) is 34.1 Å². The number of hydrogen-bond acceptors (Lipinski definition) is 3. The molecule has 2 heterocycles. The van der Waals surface area contributed by atoms with Gasteiger partial charge in [0.25, 0.3) is 0 Å². The minimum Gasteiger partial charge on any atom is -0.476 e. The van der Waals surface area contributed by atoms with Gasteiger partial charge in [-0.3, -0.25) is 4.68 Å². The zero-order chi connectivity index (χ0) is 11.3. The van der Waals surface area contributed by atoms with Crippen LogP contribution >= 0.6 is 0 Å². The zero-order valence-corrected chi connectivity index (χ0v) is 9.19. The van der Waals surface area contributed by atoms with Gasteiger partial charge >= 0.3 is 5.97 Å². The van der Waals surface area contributed by atoms with Crippen LogP contribution < -0.4 is 0 Å². The summed E-state index contributed by atoms with van der Waals surface area (Å²) in [6.45, 7) is 1.53. The molecule has 3 rings (SSSR count). The highest BCUT2D eigenvalue weighted by Gasteiger charge is 2.43. The monoisotopic (exact) mass is 222 g/mol. The van der Waals surface area contributed by atoms with Gasteiger partial charge in [0.1, 0.15) is 0 Å². The summed E-state index contributed by atoms with van der Waals surface area (Å²) in [7, 11) is 1.82. The molecule has 1 aliphatic heterocycles. The van der Waals surface area contributed by atoms with E-state index < -0.39 is 5.97 Å². The summed E-state index contributed by atoms with van der Waals surface area (Å²) in [6, 6.07) is 0. The van der Waals surface area contributed by atoms with Crippen molar-refractivity contribution in [1.82, 2.24) is 9.78 Å². The molecule has 16 heavy (non-hydrogen) atoms. The summed E-state index contributed by atoms with van der Waals surface area (Å²) in [5.41, 5.74) is 2.42. The summed E-state index contributed by atoms with van der Waals surface area (Å²) >= 11 is 0. The average Bonchev–Trinajstić information content (AvgIpc) is 2.53. The van der Waals surface area contributed by atoms with Crippen LogP contribution in [0.2, 0.25) is 0 Å². The molecule has 2 aliphatic rings. The van der Waals surface area contributed by atoms with Crippen LogP contribution in [0, 0.1) is 5.41 Å². The number of rotatable bonds is 1. The Morgan fingerprint density at radius 2 is 2.31 bits per heavy atom. The number of aryl methyl sites for hydroxylation is 1. The number of nitrogens with zero attached hydrogens (tertiary/aromatic N) is 2. The first-order valence-electron chi connectivity index (χ1n) is 5.47. The van der Waals surface area contributed by atoms with Crippen LogP contribution in [-0.2, 0) is 24.6 Å². The number of carboxylic acid groups (broad SMARTS) is 1. The molecule has 1 aliphatic carbocycles. The summed E-state index contributed by atoms with van der Waals surface area (Å²) < 4.78 is 6.98. The molecule has 86 valence electrons. The maximum absolute atomic E-state index is 11.1. The van der Waals surface area contributed by atoms with Gasteiger partial charge < -0.3 is 9.84 Å². The Hall–Kier alpha value is -1.36. The van der Waals surface area contributed by atoms with Gasteiger partial charge in [-0.1, -0.05) is 0 Å². The first-order chi connectivity index (χ1) is 7.61. The lowest BCUT2D eigenvalue weighted by Gasteiger charge is -2.44. The van der Waals surface area contributed by atoms with Crippen LogP contribution in [0.25, 0.3) is 0 Å². The molecule has 0 bridgehead atoms. The fourth-order valence-corrected chi connectivity index (χ4v) is 2.76. The molecular weight excluding hydrogens is 208 g/mol. The Bertz CT molecular complexity index is 460. The molecule has 1 N–H and O–H groups in total. The summed E-state index contributed by atoms with van der Waals surface area (Å²) in [4.78, 5) is 11.1. The number of aromatic carboxylic acids is 1. The smallest absolute Gasteiger partial charge is 0.356 e. The van der Waals surface area contributed by atoms with Gasteiger partial charge in [-0.25, -0.2) is 4.79 Å². The Morgan fingerprint density at radius 3 is 2.88 bits per heavy atom. The van der Waals surface area contributed by atoms with E-state index in [-0.39, 0.29) is 11.1 Å². The number of ether oxygens (including phenoxy) is 1. The first kappa shape index (κ1) is 9.84. The molecule has 0 amide bonds. The van der Waals surface area contributed by atoms with Gasteiger partial charge in [0.05, 0.1) is 13.2 Å². The van der Waals surface area contributed by atoms with E-state index in [1.807, 2.05) is 7.05 Å². The number of fused-ring (bicyclic) bond motifs is 1. The molecule has 1 spiro atoms. The van der Waals surface area contributed by atoms with Crippen molar-refractivity contribution in [2.75, 3.05) is 13.2 Å². The molecule has 5 heteroatoms. The largest absolute Gasteiger partial charge is 0.476 e. The van der Waals surface area contributed by atoms with E-state index in [1.54, 1.807) is 4.68 Å². The average molecular weight is 222 g/mol. The second-order valence-corrected chi connectivity index (χ2v) is 4.87. The lowest BCUT2D eigenvalue weighted by molar-refractivity contribution is -0.119. The van der Waals surface area contributed by atoms with E-state index in [4.69, 9.17) is 9.84 Å². The molecule has 0 saturated carbocycles. The van der Waals surface area contributed by atoms with Gasteiger partial charge in [-0.05, 0) is 19.3 Å². The van der Waals surface area contributed by atoms with Crippen LogP contribution in [0.1, 0.15) is 28.2 Å². The third-order valence-electron chi connectivity index (χ3n) is 3.74. The maximum atomic E-state index is 11.1. The van der Waals surface area contributed by atoms with Crippen molar-refractivity contribution in [2.24, 2.45) is 12.5 Å². The van der Waals surface area contributed by atoms with E-state index in [0.29, 0.717) is 0 Å². The number of carboxylic acids is 1. The van der Waals surface area contributed by atoms with Crippen LogP contribution in [0.15, 0.2) is 0 Å². The normalized spacial score (nSPS) is 21.6. The highest BCUT2D eigenvalue weighted by atomic mass is 16.5. The van der Waals surface area contributed by atoms with E-state index in [9.17, 15) is 4.79 Å². The molecular formula is C11H14N2O3. The quantitative estimate of drug-likeness (QED) is 0.756. The number of aromatic nitrogens is 2. The second kappa shape index (κ2) is 3.07. The number of hydrogen-bond donors (Lipinski definition) is 1. The highest BCUT2D eigenvalue weighted by Crippen LogP contribution is 2.42. The fourth-order valence-electron chi connectivity index (χ4n) is 2.76. The Kier molecular flexibility index (Phi) is 1.89. The van der Waals surface area contributed by atoms with Gasteiger partial charge in [0.15, 0.2) is 5.69 Å². The third kappa shape index (κ3) is 1.21.